The molecule has 0 saturated carbocycles. The lowest BCUT2D eigenvalue weighted by atomic mass is 10.2. The van der Waals surface area contributed by atoms with E-state index in [9.17, 15) is 9.59 Å². The molecule has 0 spiro atoms. The van der Waals surface area contributed by atoms with Gasteiger partial charge in [0.1, 0.15) is 0 Å². The van der Waals surface area contributed by atoms with Crippen molar-refractivity contribution in [2.24, 2.45) is 0 Å². The van der Waals surface area contributed by atoms with E-state index in [1.165, 1.54) is 24.9 Å². The van der Waals surface area contributed by atoms with Gasteiger partial charge >= 0.3 is 0 Å². The SMILES string of the molecule is COc1cc(=O)[nH]c(SC(C)C(=O)NCc2ccccc2)n1. The average molecular weight is 319 g/mol. The highest BCUT2D eigenvalue weighted by Crippen LogP contribution is 2.19. The zero-order valence-electron chi connectivity index (χ0n) is 12.3. The van der Waals surface area contributed by atoms with E-state index >= 15 is 0 Å². The Bertz CT molecular complexity index is 688. The summed E-state index contributed by atoms with van der Waals surface area (Å²) in [4.78, 5) is 30.2. The highest BCUT2D eigenvalue weighted by Gasteiger charge is 2.16. The van der Waals surface area contributed by atoms with E-state index in [1.807, 2.05) is 30.3 Å². The first-order valence-electron chi connectivity index (χ1n) is 6.72. The van der Waals surface area contributed by atoms with E-state index in [0.717, 1.165) is 5.56 Å². The van der Waals surface area contributed by atoms with E-state index in [4.69, 9.17) is 4.74 Å². The molecule has 6 nitrogen and oxygen atoms in total. The number of hydrogen-bond donors (Lipinski definition) is 2. The van der Waals surface area contributed by atoms with Gasteiger partial charge in [0.2, 0.25) is 11.8 Å². The Kier molecular flexibility index (Phi) is 5.60. The summed E-state index contributed by atoms with van der Waals surface area (Å²) in [6.07, 6.45) is 0. The molecule has 0 aliphatic heterocycles. The van der Waals surface area contributed by atoms with Crippen molar-refractivity contribution in [3.05, 3.63) is 52.3 Å². The van der Waals surface area contributed by atoms with Gasteiger partial charge in [-0.3, -0.25) is 9.59 Å². The second kappa shape index (κ2) is 7.65. The molecule has 7 heteroatoms. The number of carbonyl (C=O) groups excluding carboxylic acids is 1. The van der Waals surface area contributed by atoms with Gasteiger partial charge in [0.25, 0.3) is 5.56 Å². The monoisotopic (exact) mass is 319 g/mol. The van der Waals surface area contributed by atoms with Crippen LogP contribution in [-0.4, -0.2) is 28.2 Å². The molecule has 2 aromatic rings. The molecule has 22 heavy (non-hydrogen) atoms. The maximum Gasteiger partial charge on any atom is 0.255 e. The number of rotatable bonds is 6. The molecule has 116 valence electrons. The number of ether oxygens (including phenoxy) is 1. The van der Waals surface area contributed by atoms with Gasteiger partial charge in [-0.1, -0.05) is 42.1 Å². The van der Waals surface area contributed by atoms with Crippen LogP contribution in [0.5, 0.6) is 5.88 Å². The second-order valence-electron chi connectivity index (χ2n) is 4.56. The standard InChI is InChI=1S/C15H17N3O3S/c1-10(14(20)16-9-11-6-4-3-5-7-11)22-15-17-12(19)8-13(18-15)21-2/h3-8,10H,9H2,1-2H3,(H,16,20)(H,17,18,19). The lowest BCUT2D eigenvalue weighted by molar-refractivity contribution is -0.120. The van der Waals surface area contributed by atoms with E-state index in [-0.39, 0.29) is 22.6 Å². The number of amides is 1. The molecular weight excluding hydrogens is 302 g/mol. The molecule has 2 rings (SSSR count). The molecule has 1 heterocycles. The van der Waals surface area contributed by atoms with Crippen LogP contribution in [0.25, 0.3) is 0 Å². The van der Waals surface area contributed by atoms with Crippen molar-refractivity contribution in [3.8, 4) is 5.88 Å². The summed E-state index contributed by atoms with van der Waals surface area (Å²) >= 11 is 1.17. The zero-order valence-corrected chi connectivity index (χ0v) is 13.1. The van der Waals surface area contributed by atoms with Gasteiger partial charge in [-0.25, -0.2) is 0 Å². The summed E-state index contributed by atoms with van der Waals surface area (Å²) in [7, 11) is 1.44. The second-order valence-corrected chi connectivity index (χ2v) is 5.89. The minimum atomic E-state index is -0.390. The van der Waals surface area contributed by atoms with E-state index in [1.54, 1.807) is 6.92 Å². The molecule has 0 saturated heterocycles. The number of thioether (sulfide) groups is 1. The third kappa shape index (κ3) is 4.63. The quantitative estimate of drug-likeness (QED) is 0.624. The highest BCUT2D eigenvalue weighted by atomic mass is 32.2. The Hall–Kier alpha value is -2.28. The first kappa shape index (κ1) is 16.1. The number of methoxy groups -OCH3 is 1. The van der Waals surface area contributed by atoms with Crippen LogP contribution in [0.4, 0.5) is 0 Å². The number of hydrogen-bond acceptors (Lipinski definition) is 5. The third-order valence-electron chi connectivity index (χ3n) is 2.87. The Morgan fingerprint density at radius 2 is 2.14 bits per heavy atom. The number of nitrogens with one attached hydrogen (secondary N) is 2. The Morgan fingerprint density at radius 3 is 2.82 bits per heavy atom. The van der Waals surface area contributed by atoms with Crippen LogP contribution in [-0.2, 0) is 11.3 Å². The van der Waals surface area contributed by atoms with Crippen molar-refractivity contribution in [2.75, 3.05) is 7.11 Å². The number of aromatic nitrogens is 2. The van der Waals surface area contributed by atoms with Crippen molar-refractivity contribution >= 4 is 17.7 Å². The molecule has 1 aromatic heterocycles. The van der Waals surface area contributed by atoms with Crippen LogP contribution in [0.1, 0.15) is 12.5 Å². The van der Waals surface area contributed by atoms with E-state index < -0.39 is 0 Å². The molecule has 1 amide bonds. The number of nitrogens with zero attached hydrogens (tertiary/aromatic N) is 1. The first-order chi connectivity index (χ1) is 10.6. The predicted octanol–water partition coefficient (Wildman–Crippen LogP) is 1.58. The maximum atomic E-state index is 12.1. The summed E-state index contributed by atoms with van der Waals surface area (Å²) in [5, 5.41) is 2.81. The molecular formula is C15H17N3O3S. The van der Waals surface area contributed by atoms with Crippen molar-refractivity contribution < 1.29 is 9.53 Å². The molecule has 0 bridgehead atoms. The summed E-state index contributed by atoms with van der Waals surface area (Å²) < 4.78 is 4.94. The van der Waals surface area contributed by atoms with Gasteiger partial charge in [-0.05, 0) is 12.5 Å². The molecule has 1 aromatic carbocycles. The molecule has 0 fully saturated rings. The van der Waals surface area contributed by atoms with Crippen LogP contribution in [0.2, 0.25) is 0 Å². The Labute approximate surface area is 132 Å². The van der Waals surface area contributed by atoms with Gasteiger partial charge < -0.3 is 15.0 Å². The van der Waals surface area contributed by atoms with Gasteiger partial charge in [0.05, 0.1) is 18.4 Å². The fourth-order valence-electron chi connectivity index (χ4n) is 1.72. The van der Waals surface area contributed by atoms with E-state index in [2.05, 4.69) is 15.3 Å². The number of aromatic amines is 1. The molecule has 2 N–H and O–H groups in total. The topological polar surface area (TPSA) is 84.1 Å². The number of H-pyrrole nitrogens is 1. The van der Waals surface area contributed by atoms with Crippen molar-refractivity contribution in [1.82, 2.24) is 15.3 Å². The lowest BCUT2D eigenvalue weighted by Crippen LogP contribution is -2.30. The molecule has 0 aliphatic rings. The largest absolute Gasteiger partial charge is 0.481 e. The minimum Gasteiger partial charge on any atom is -0.481 e. The van der Waals surface area contributed by atoms with Gasteiger partial charge in [-0.2, -0.15) is 4.98 Å². The van der Waals surface area contributed by atoms with Gasteiger partial charge in [-0.15, -0.1) is 0 Å². The molecule has 1 unspecified atom stereocenters. The highest BCUT2D eigenvalue weighted by molar-refractivity contribution is 8.00. The zero-order chi connectivity index (χ0) is 15.9. The number of benzene rings is 1. The summed E-state index contributed by atoms with van der Waals surface area (Å²) in [5.74, 6) is 0.0995. The van der Waals surface area contributed by atoms with Crippen LogP contribution < -0.4 is 15.6 Å². The Balaban J connectivity index is 1.94. The van der Waals surface area contributed by atoms with Crippen molar-refractivity contribution in [2.45, 2.75) is 23.9 Å². The van der Waals surface area contributed by atoms with Gasteiger partial charge in [0, 0.05) is 6.54 Å². The van der Waals surface area contributed by atoms with Crippen molar-refractivity contribution in [3.63, 3.8) is 0 Å². The van der Waals surface area contributed by atoms with Crippen molar-refractivity contribution in [1.29, 1.82) is 0 Å². The predicted molar refractivity (Wildman–Crippen MR) is 85.0 cm³/mol. The van der Waals surface area contributed by atoms with Crippen LogP contribution in [0.15, 0.2) is 46.3 Å². The minimum absolute atomic E-state index is 0.126. The molecule has 0 aliphatic carbocycles. The lowest BCUT2D eigenvalue weighted by Gasteiger charge is -2.11. The molecule has 0 radical (unpaired) electrons. The Morgan fingerprint density at radius 1 is 1.41 bits per heavy atom. The fourth-order valence-corrected chi connectivity index (χ4v) is 2.55. The van der Waals surface area contributed by atoms with Crippen LogP contribution in [0, 0.1) is 0 Å². The number of carbonyl (C=O) groups is 1. The summed E-state index contributed by atoms with van der Waals surface area (Å²) in [6, 6.07) is 10.9. The first-order valence-corrected chi connectivity index (χ1v) is 7.60. The maximum absolute atomic E-state index is 12.1. The van der Waals surface area contributed by atoms with Crippen LogP contribution >= 0.6 is 11.8 Å². The summed E-state index contributed by atoms with van der Waals surface area (Å²) in [6.45, 7) is 2.22. The molecule has 1 atom stereocenters. The average Bonchev–Trinajstić information content (AvgIpc) is 2.52. The fraction of sp³-hybridized carbons (Fsp3) is 0.267. The van der Waals surface area contributed by atoms with Gasteiger partial charge in [0.15, 0.2) is 5.16 Å². The smallest absolute Gasteiger partial charge is 0.255 e. The summed E-state index contributed by atoms with van der Waals surface area (Å²) in [5.41, 5.74) is 0.715. The van der Waals surface area contributed by atoms with E-state index in [0.29, 0.717) is 11.7 Å². The van der Waals surface area contributed by atoms with Crippen LogP contribution in [0.3, 0.4) is 0 Å². The normalized spacial score (nSPS) is 11.7. The third-order valence-corrected chi connectivity index (χ3v) is 3.86.